The molecule has 0 unspecified atom stereocenters. The van der Waals surface area contributed by atoms with Gasteiger partial charge in [0.05, 0.1) is 4.92 Å². The molecule has 0 aliphatic carbocycles. The van der Waals surface area contributed by atoms with Crippen molar-refractivity contribution in [1.29, 1.82) is 0 Å². The van der Waals surface area contributed by atoms with Gasteiger partial charge >= 0.3 is 11.7 Å². The van der Waals surface area contributed by atoms with Gasteiger partial charge in [-0.05, 0) is 18.6 Å². The molecule has 0 bridgehead atoms. The molecular formula is C14H12N2O4S. The molecule has 0 spiro atoms. The van der Waals surface area contributed by atoms with E-state index in [-0.39, 0.29) is 16.4 Å². The third-order valence-corrected chi connectivity index (χ3v) is 3.77. The van der Waals surface area contributed by atoms with Crippen molar-refractivity contribution in [1.82, 2.24) is 4.98 Å². The molecule has 1 aromatic heterocycles. The Bertz CT molecular complexity index is 703. The van der Waals surface area contributed by atoms with E-state index in [4.69, 9.17) is 5.11 Å². The Morgan fingerprint density at radius 3 is 2.76 bits per heavy atom. The summed E-state index contributed by atoms with van der Waals surface area (Å²) in [4.78, 5) is 25.2. The second kappa shape index (κ2) is 6.36. The molecule has 0 amide bonds. The number of hydrogen-bond acceptors (Lipinski definition) is 5. The molecule has 6 nitrogen and oxygen atoms in total. The first-order valence-electron chi connectivity index (χ1n) is 6.04. The molecule has 7 heteroatoms. The van der Waals surface area contributed by atoms with Gasteiger partial charge in [0.25, 0.3) is 0 Å². The van der Waals surface area contributed by atoms with Crippen molar-refractivity contribution in [2.24, 2.45) is 0 Å². The van der Waals surface area contributed by atoms with Crippen molar-refractivity contribution in [3.05, 3.63) is 63.3 Å². The van der Waals surface area contributed by atoms with Gasteiger partial charge in [0.15, 0.2) is 5.03 Å². The van der Waals surface area contributed by atoms with Crippen molar-refractivity contribution in [3.63, 3.8) is 0 Å². The SMILES string of the molecule is Cc1cccc(CSc2nc(C(=O)O)ccc2[N+](=O)[O-])c1. The molecular weight excluding hydrogens is 292 g/mol. The zero-order valence-electron chi connectivity index (χ0n) is 11.1. The van der Waals surface area contributed by atoms with Crippen molar-refractivity contribution < 1.29 is 14.8 Å². The number of aryl methyl sites for hydroxylation is 1. The van der Waals surface area contributed by atoms with Gasteiger partial charge in [0, 0.05) is 11.8 Å². The van der Waals surface area contributed by atoms with E-state index in [1.165, 1.54) is 6.07 Å². The average Bonchev–Trinajstić information content (AvgIpc) is 2.44. The number of benzene rings is 1. The van der Waals surface area contributed by atoms with E-state index in [2.05, 4.69) is 4.98 Å². The average molecular weight is 304 g/mol. The standard InChI is InChI=1S/C14H12N2O4S/c1-9-3-2-4-10(7-9)8-21-13-12(16(19)20)6-5-11(15-13)14(17)18/h2-7H,8H2,1H3,(H,17,18). The maximum Gasteiger partial charge on any atom is 0.354 e. The minimum absolute atomic E-state index is 0.112. The number of nitro groups is 1. The Kier molecular flexibility index (Phi) is 4.54. The smallest absolute Gasteiger partial charge is 0.354 e. The number of nitrogens with zero attached hydrogens (tertiary/aromatic N) is 2. The molecule has 108 valence electrons. The highest BCUT2D eigenvalue weighted by Crippen LogP contribution is 2.30. The largest absolute Gasteiger partial charge is 0.477 e. The number of carbonyl (C=O) groups is 1. The summed E-state index contributed by atoms with van der Waals surface area (Å²) in [6, 6.07) is 10.1. The summed E-state index contributed by atoms with van der Waals surface area (Å²) >= 11 is 1.15. The predicted octanol–water partition coefficient (Wildman–Crippen LogP) is 3.29. The fourth-order valence-electron chi connectivity index (χ4n) is 1.75. The lowest BCUT2D eigenvalue weighted by molar-refractivity contribution is -0.388. The molecule has 0 aliphatic heterocycles. The molecule has 0 fully saturated rings. The number of carboxylic acid groups (broad SMARTS) is 1. The van der Waals surface area contributed by atoms with Crippen LogP contribution < -0.4 is 0 Å². The second-order valence-corrected chi connectivity index (χ2v) is 5.32. The number of carboxylic acids is 1. The highest BCUT2D eigenvalue weighted by molar-refractivity contribution is 7.98. The Morgan fingerprint density at radius 2 is 2.14 bits per heavy atom. The van der Waals surface area contributed by atoms with Crippen LogP contribution in [0.3, 0.4) is 0 Å². The van der Waals surface area contributed by atoms with Crippen LogP contribution in [0.4, 0.5) is 5.69 Å². The number of pyridine rings is 1. The summed E-state index contributed by atoms with van der Waals surface area (Å²) in [6.07, 6.45) is 0. The highest BCUT2D eigenvalue weighted by Gasteiger charge is 2.18. The van der Waals surface area contributed by atoms with Crippen molar-refractivity contribution >= 4 is 23.4 Å². The van der Waals surface area contributed by atoms with Gasteiger partial charge in [-0.2, -0.15) is 0 Å². The summed E-state index contributed by atoms with van der Waals surface area (Å²) in [5, 5.41) is 20.0. The van der Waals surface area contributed by atoms with Crippen LogP contribution in [0.2, 0.25) is 0 Å². The normalized spacial score (nSPS) is 10.3. The highest BCUT2D eigenvalue weighted by atomic mass is 32.2. The Morgan fingerprint density at radius 1 is 1.38 bits per heavy atom. The van der Waals surface area contributed by atoms with Gasteiger partial charge in [-0.1, -0.05) is 41.6 Å². The van der Waals surface area contributed by atoms with Crippen molar-refractivity contribution in [2.45, 2.75) is 17.7 Å². The monoisotopic (exact) mass is 304 g/mol. The van der Waals surface area contributed by atoms with Gasteiger partial charge < -0.3 is 5.11 Å². The number of aromatic carboxylic acids is 1. The van der Waals surface area contributed by atoms with Gasteiger partial charge in [-0.3, -0.25) is 10.1 Å². The van der Waals surface area contributed by atoms with Crippen LogP contribution in [0, 0.1) is 17.0 Å². The van der Waals surface area contributed by atoms with Crippen molar-refractivity contribution in [3.8, 4) is 0 Å². The molecule has 0 saturated carbocycles. The molecule has 0 atom stereocenters. The van der Waals surface area contributed by atoms with Crippen LogP contribution in [0.15, 0.2) is 41.4 Å². The molecule has 0 radical (unpaired) electrons. The first kappa shape index (κ1) is 15.0. The maximum atomic E-state index is 11.0. The number of aromatic nitrogens is 1. The van der Waals surface area contributed by atoms with E-state index in [0.29, 0.717) is 5.75 Å². The number of hydrogen-bond donors (Lipinski definition) is 1. The lowest BCUT2D eigenvalue weighted by Crippen LogP contribution is -2.03. The van der Waals surface area contributed by atoms with Crippen molar-refractivity contribution in [2.75, 3.05) is 0 Å². The van der Waals surface area contributed by atoms with Crippen LogP contribution in [0.1, 0.15) is 21.6 Å². The van der Waals surface area contributed by atoms with Crippen LogP contribution in [0.25, 0.3) is 0 Å². The number of thioether (sulfide) groups is 1. The fraction of sp³-hybridized carbons (Fsp3) is 0.143. The summed E-state index contributed by atoms with van der Waals surface area (Å²) in [7, 11) is 0. The van der Waals surface area contributed by atoms with Crippen LogP contribution in [-0.2, 0) is 5.75 Å². The predicted molar refractivity (Wildman–Crippen MR) is 78.6 cm³/mol. The Labute approximate surface area is 125 Å². The fourth-order valence-corrected chi connectivity index (χ4v) is 2.69. The van der Waals surface area contributed by atoms with Crippen LogP contribution >= 0.6 is 11.8 Å². The van der Waals surface area contributed by atoms with Gasteiger partial charge in [-0.25, -0.2) is 9.78 Å². The topological polar surface area (TPSA) is 93.3 Å². The quantitative estimate of drug-likeness (QED) is 0.517. The van der Waals surface area contributed by atoms with E-state index >= 15 is 0 Å². The summed E-state index contributed by atoms with van der Waals surface area (Å²) in [5.41, 5.74) is 1.71. The molecule has 21 heavy (non-hydrogen) atoms. The van der Waals surface area contributed by atoms with Gasteiger partial charge in [0.2, 0.25) is 0 Å². The minimum Gasteiger partial charge on any atom is -0.477 e. The third kappa shape index (κ3) is 3.79. The van der Waals surface area contributed by atoms with Crippen LogP contribution in [-0.4, -0.2) is 21.0 Å². The molecule has 1 aromatic carbocycles. The van der Waals surface area contributed by atoms with E-state index in [9.17, 15) is 14.9 Å². The van der Waals surface area contributed by atoms with E-state index in [1.54, 1.807) is 0 Å². The lowest BCUT2D eigenvalue weighted by Gasteiger charge is -2.04. The summed E-state index contributed by atoms with van der Waals surface area (Å²) in [6.45, 7) is 1.96. The third-order valence-electron chi connectivity index (χ3n) is 2.71. The zero-order chi connectivity index (χ0) is 15.4. The maximum absolute atomic E-state index is 11.0. The van der Waals surface area contributed by atoms with Crippen LogP contribution in [0.5, 0.6) is 0 Å². The second-order valence-electron chi connectivity index (χ2n) is 4.36. The molecule has 1 heterocycles. The lowest BCUT2D eigenvalue weighted by atomic mass is 10.2. The van der Waals surface area contributed by atoms with E-state index < -0.39 is 10.9 Å². The first-order valence-corrected chi connectivity index (χ1v) is 7.03. The summed E-state index contributed by atoms with van der Waals surface area (Å²) in [5.74, 6) is -0.721. The number of rotatable bonds is 5. The minimum atomic E-state index is -1.21. The van der Waals surface area contributed by atoms with Gasteiger partial charge in [0.1, 0.15) is 5.69 Å². The summed E-state index contributed by atoms with van der Waals surface area (Å²) < 4.78 is 0. The van der Waals surface area contributed by atoms with E-state index in [0.717, 1.165) is 29.0 Å². The molecule has 0 aliphatic rings. The van der Waals surface area contributed by atoms with Gasteiger partial charge in [-0.15, -0.1) is 0 Å². The van der Waals surface area contributed by atoms with E-state index in [1.807, 2.05) is 31.2 Å². The first-order chi connectivity index (χ1) is 9.97. The molecule has 2 rings (SSSR count). The molecule has 1 N–H and O–H groups in total. The Balaban J connectivity index is 2.26. The molecule has 2 aromatic rings. The molecule has 0 saturated heterocycles. The zero-order valence-corrected chi connectivity index (χ0v) is 12.0. The Hall–Kier alpha value is -2.41.